The summed E-state index contributed by atoms with van der Waals surface area (Å²) < 4.78 is 0. The summed E-state index contributed by atoms with van der Waals surface area (Å²) in [6, 6.07) is 0. The first-order valence-electron chi connectivity index (χ1n) is 12.6. The molecule has 0 unspecified atom stereocenters. The summed E-state index contributed by atoms with van der Waals surface area (Å²) in [6.45, 7) is 13.9. The van der Waals surface area contributed by atoms with Crippen molar-refractivity contribution in [3.05, 3.63) is 0 Å². The summed E-state index contributed by atoms with van der Waals surface area (Å²) in [5.41, 5.74) is 0. The molecule has 0 fully saturated rings. The first-order valence-corrected chi connectivity index (χ1v) is 26.8. The molecule has 0 amide bonds. The molecule has 5 heteroatoms. The third-order valence-electron chi connectivity index (χ3n) is 5.30. The molecule has 0 saturated heterocycles. The molecule has 0 aromatic carbocycles. The Labute approximate surface area is 211 Å². The van der Waals surface area contributed by atoms with E-state index in [1.54, 1.807) is 37.0 Å². The second-order valence-corrected chi connectivity index (χ2v) is 24.1. The standard InChI is InChI=1S/2C12H27P.2BrH.Pt/c2*1-4-7-10-13(11-8-5-2)12-9-6-3;;;/h2*4-12H2,1-3H3;2*1H;/q;;;;+2. The van der Waals surface area contributed by atoms with Crippen LogP contribution in [0.1, 0.15) is 119 Å². The Bertz CT molecular complexity index is 197. The maximum absolute atomic E-state index is 3.17. The third-order valence-corrected chi connectivity index (χ3v) is 11.7. The van der Waals surface area contributed by atoms with Crippen LogP contribution in [-0.4, -0.2) is 37.0 Å². The monoisotopic (exact) mass is 759 g/mol. The third kappa shape index (κ3) is 35.3. The van der Waals surface area contributed by atoms with Gasteiger partial charge < -0.3 is 0 Å². The van der Waals surface area contributed by atoms with E-state index >= 15 is 0 Å². The average molecular weight is 762 g/mol. The topological polar surface area (TPSA) is 0 Å². The van der Waals surface area contributed by atoms with Crippen molar-refractivity contribution in [3.63, 3.8) is 0 Å². The van der Waals surface area contributed by atoms with Crippen LogP contribution in [0.5, 0.6) is 0 Å². The Kier molecular flexibility index (Phi) is 43.7. The minimum atomic E-state index is 0.0675. The van der Waals surface area contributed by atoms with Gasteiger partial charge in [-0.25, -0.2) is 0 Å². The maximum atomic E-state index is 3.17. The summed E-state index contributed by atoms with van der Waals surface area (Å²) in [7, 11) is 0.135. The number of halogens is 2. The second-order valence-electron chi connectivity index (χ2n) is 8.17. The first kappa shape index (κ1) is 36.1. The fourth-order valence-corrected chi connectivity index (χ4v) is 9.93. The van der Waals surface area contributed by atoms with Crippen LogP contribution in [0.15, 0.2) is 0 Å². The first-order chi connectivity index (χ1) is 14.1. The molecular formula is C24H56Br2P2Pt+2. The molecule has 0 rings (SSSR count). The van der Waals surface area contributed by atoms with Crippen molar-refractivity contribution in [2.24, 2.45) is 0 Å². The van der Waals surface area contributed by atoms with Crippen molar-refractivity contribution in [2.75, 3.05) is 37.0 Å². The molecule has 0 bridgehead atoms. The zero-order valence-corrected chi connectivity index (χ0v) is 28.2. The molecule has 0 aliphatic carbocycles. The van der Waals surface area contributed by atoms with Gasteiger partial charge in [-0.05, 0) is 38.5 Å². The van der Waals surface area contributed by atoms with Gasteiger partial charge in [-0.1, -0.05) is 80.1 Å². The summed E-state index contributed by atoms with van der Waals surface area (Å²) in [4.78, 5) is 0. The number of unbranched alkanes of at least 4 members (excludes halogenated alkanes) is 6. The quantitative estimate of drug-likeness (QED) is 0.122. The number of hydrogen-bond acceptors (Lipinski definition) is 0. The van der Waals surface area contributed by atoms with E-state index in [0.717, 1.165) is 0 Å². The molecule has 184 valence electrons. The molecule has 0 aromatic rings. The second kappa shape index (κ2) is 35.1. The molecule has 0 aliphatic rings. The van der Waals surface area contributed by atoms with Crippen LogP contribution < -0.4 is 0 Å². The molecule has 0 aliphatic heterocycles. The van der Waals surface area contributed by atoms with Crippen LogP contribution >= 0.6 is 42.4 Å². The molecule has 0 saturated carbocycles. The van der Waals surface area contributed by atoms with Crippen LogP contribution in [-0.2, 0) is 14.5 Å². The van der Waals surface area contributed by atoms with E-state index in [-0.39, 0.29) is 30.3 Å². The SMILES string of the molecule is CCCC[PH+](CCCC)CCCC.CCCC[PH+](CCCC)CCCC.[Br][Pt][Br]. The van der Waals surface area contributed by atoms with Crippen LogP contribution in [0.4, 0.5) is 0 Å². The van der Waals surface area contributed by atoms with E-state index in [0.29, 0.717) is 0 Å². The molecule has 0 atom stereocenters. The Hall–Kier alpha value is 2.51. The van der Waals surface area contributed by atoms with Gasteiger partial charge in [-0.15, -0.1) is 0 Å². The summed E-state index contributed by atoms with van der Waals surface area (Å²) in [5, 5.41) is 0. The van der Waals surface area contributed by atoms with Gasteiger partial charge in [-0.2, -0.15) is 0 Å². The van der Waals surface area contributed by atoms with Crippen LogP contribution in [0, 0.1) is 0 Å². The van der Waals surface area contributed by atoms with Crippen molar-refractivity contribution < 1.29 is 14.5 Å². The Morgan fingerprint density at radius 2 is 0.552 bits per heavy atom. The fraction of sp³-hybridized carbons (Fsp3) is 1.00. The molecule has 29 heavy (non-hydrogen) atoms. The Balaban J connectivity index is -0.000000410. The van der Waals surface area contributed by atoms with Crippen LogP contribution in [0.2, 0.25) is 0 Å². The van der Waals surface area contributed by atoms with E-state index in [1.807, 2.05) is 0 Å². The molecule has 0 heterocycles. The zero-order valence-electron chi connectivity index (χ0n) is 20.8. The minimum absolute atomic E-state index is 0.0675. The van der Waals surface area contributed by atoms with Crippen molar-refractivity contribution in [3.8, 4) is 0 Å². The van der Waals surface area contributed by atoms with Gasteiger partial charge in [0.2, 0.25) is 0 Å². The van der Waals surface area contributed by atoms with Gasteiger partial charge in [0.05, 0.1) is 37.0 Å². The molecular weight excluding hydrogens is 705 g/mol. The molecule has 0 N–H and O–H groups in total. The van der Waals surface area contributed by atoms with Crippen molar-refractivity contribution in [1.29, 1.82) is 0 Å². The van der Waals surface area contributed by atoms with Gasteiger partial charge in [-0.3, -0.25) is 0 Å². The van der Waals surface area contributed by atoms with Gasteiger partial charge in [0, 0.05) is 15.8 Å². The van der Waals surface area contributed by atoms with Crippen LogP contribution in [0.3, 0.4) is 0 Å². The fourth-order valence-electron chi connectivity index (χ4n) is 3.31. The predicted molar refractivity (Wildman–Crippen MR) is 153 cm³/mol. The van der Waals surface area contributed by atoms with E-state index < -0.39 is 0 Å². The zero-order chi connectivity index (χ0) is 22.6. The number of rotatable bonds is 18. The van der Waals surface area contributed by atoms with E-state index in [1.165, 1.54) is 77.0 Å². The van der Waals surface area contributed by atoms with Crippen molar-refractivity contribution in [1.82, 2.24) is 0 Å². The molecule has 0 nitrogen and oxygen atoms in total. The van der Waals surface area contributed by atoms with E-state index in [9.17, 15) is 0 Å². The average Bonchev–Trinajstić information content (AvgIpc) is 2.73. The Morgan fingerprint density at radius 1 is 0.414 bits per heavy atom. The van der Waals surface area contributed by atoms with Gasteiger partial charge in [0.1, 0.15) is 0 Å². The van der Waals surface area contributed by atoms with Gasteiger partial charge >= 0.3 is 41.0 Å². The van der Waals surface area contributed by atoms with E-state index in [2.05, 4.69) is 68.1 Å². The van der Waals surface area contributed by atoms with E-state index in [4.69, 9.17) is 0 Å². The molecule has 0 radical (unpaired) electrons. The van der Waals surface area contributed by atoms with Gasteiger partial charge in [0.25, 0.3) is 0 Å². The van der Waals surface area contributed by atoms with Crippen molar-refractivity contribution >= 4 is 42.4 Å². The summed E-state index contributed by atoms with van der Waals surface area (Å²) in [6.07, 6.45) is 26.8. The Morgan fingerprint density at radius 3 is 0.655 bits per heavy atom. The predicted octanol–water partition coefficient (Wildman–Crippen LogP) is 10.9. The van der Waals surface area contributed by atoms with Crippen molar-refractivity contribution in [2.45, 2.75) is 119 Å². The normalized spacial score (nSPS) is 10.7. The summed E-state index contributed by atoms with van der Waals surface area (Å²) >= 11 is 6.56. The molecule has 0 spiro atoms. The number of hydrogen-bond donors (Lipinski definition) is 0. The van der Waals surface area contributed by atoms with Crippen LogP contribution in [0.25, 0.3) is 0 Å². The molecule has 0 aromatic heterocycles. The summed E-state index contributed by atoms with van der Waals surface area (Å²) in [5.74, 6) is 0. The van der Waals surface area contributed by atoms with Gasteiger partial charge in [0.15, 0.2) is 0 Å².